The zero-order valence-electron chi connectivity index (χ0n) is 34.9. The maximum absolute atomic E-state index is 2.50. The molecule has 1 heterocycles. The molecule has 300 valence electrons. The topological polar surface area (TPSA) is 6.48 Å². The fraction of sp³-hybridized carbons (Fsp3) is 0.0164. The number of para-hydroxylation sites is 3. The number of hydrogen-bond donors (Lipinski definition) is 0. The first-order valence-electron chi connectivity index (χ1n) is 22.0. The van der Waals surface area contributed by atoms with Gasteiger partial charge in [-0.15, -0.1) is 11.3 Å². The highest BCUT2D eigenvalue weighted by Gasteiger charge is 2.54. The summed E-state index contributed by atoms with van der Waals surface area (Å²) in [7, 11) is 0. The van der Waals surface area contributed by atoms with E-state index in [0.717, 1.165) is 34.1 Å². The molecule has 1 spiro atoms. The Morgan fingerprint density at radius 1 is 0.312 bits per heavy atom. The lowest BCUT2D eigenvalue weighted by molar-refractivity contribution is 0.811. The van der Waals surface area contributed by atoms with E-state index < -0.39 is 5.41 Å². The maximum atomic E-state index is 2.50. The molecular weight excluding hydrogens is 793 g/mol. The molecule has 10 aromatic carbocycles. The Balaban J connectivity index is 1.05. The summed E-state index contributed by atoms with van der Waals surface area (Å²) in [6.07, 6.45) is 0. The summed E-state index contributed by atoms with van der Waals surface area (Å²) < 4.78 is 1.32. The quantitative estimate of drug-likeness (QED) is 0.158. The van der Waals surface area contributed by atoms with Crippen molar-refractivity contribution in [1.29, 1.82) is 0 Å². The van der Waals surface area contributed by atoms with Crippen molar-refractivity contribution in [2.75, 3.05) is 9.80 Å². The third kappa shape index (κ3) is 5.44. The molecule has 2 aliphatic rings. The largest absolute Gasteiger partial charge is 0.310 e. The summed E-state index contributed by atoms with van der Waals surface area (Å²) in [6, 6.07) is 89.3. The average molecular weight is 833 g/mol. The lowest BCUT2D eigenvalue weighted by Gasteiger charge is -2.32. The van der Waals surface area contributed by atoms with Crippen molar-refractivity contribution in [3.05, 3.63) is 264 Å². The van der Waals surface area contributed by atoms with Crippen molar-refractivity contribution in [2.24, 2.45) is 0 Å². The summed E-state index contributed by atoms with van der Waals surface area (Å²) in [4.78, 5) is 6.21. The van der Waals surface area contributed by atoms with Gasteiger partial charge in [-0.05, 0) is 134 Å². The Hall–Kier alpha value is -7.98. The molecule has 1 aromatic heterocycles. The van der Waals surface area contributed by atoms with Gasteiger partial charge in [-0.2, -0.15) is 0 Å². The lowest BCUT2D eigenvalue weighted by Crippen LogP contribution is -2.25. The minimum Gasteiger partial charge on any atom is -0.310 e. The third-order valence-electron chi connectivity index (χ3n) is 13.4. The summed E-state index contributed by atoms with van der Waals surface area (Å²) in [5.41, 5.74) is 17.8. The van der Waals surface area contributed by atoms with Gasteiger partial charge < -0.3 is 9.80 Å². The molecule has 11 aromatic rings. The fourth-order valence-electron chi connectivity index (χ4n) is 10.7. The van der Waals surface area contributed by atoms with Crippen molar-refractivity contribution in [2.45, 2.75) is 5.41 Å². The normalized spacial score (nSPS) is 14.3. The van der Waals surface area contributed by atoms with E-state index in [1.165, 1.54) is 75.8 Å². The van der Waals surface area contributed by atoms with Gasteiger partial charge in [0.05, 0.1) is 5.41 Å². The van der Waals surface area contributed by atoms with Gasteiger partial charge in [-0.25, -0.2) is 0 Å². The van der Waals surface area contributed by atoms with E-state index in [4.69, 9.17) is 0 Å². The van der Waals surface area contributed by atoms with Gasteiger partial charge >= 0.3 is 0 Å². The Morgan fingerprint density at radius 2 is 0.781 bits per heavy atom. The first-order chi connectivity index (χ1) is 31.8. The zero-order chi connectivity index (χ0) is 42.2. The predicted molar refractivity (Wildman–Crippen MR) is 270 cm³/mol. The van der Waals surface area contributed by atoms with E-state index in [9.17, 15) is 0 Å². The molecule has 0 radical (unpaired) electrons. The first kappa shape index (κ1) is 36.7. The Bertz CT molecular complexity index is 3510. The van der Waals surface area contributed by atoms with Crippen molar-refractivity contribution in [3.8, 4) is 33.4 Å². The summed E-state index contributed by atoms with van der Waals surface area (Å²) in [6.45, 7) is 0. The van der Waals surface area contributed by atoms with E-state index in [-0.39, 0.29) is 0 Å². The van der Waals surface area contributed by atoms with Crippen LogP contribution in [0.4, 0.5) is 34.1 Å². The van der Waals surface area contributed by atoms with Crippen LogP contribution < -0.4 is 9.80 Å². The number of anilines is 6. The van der Waals surface area contributed by atoms with Crippen LogP contribution in [0.15, 0.2) is 243 Å². The van der Waals surface area contributed by atoms with Gasteiger partial charge in [0.1, 0.15) is 0 Å². The Morgan fingerprint density at radius 3 is 1.45 bits per heavy atom. The van der Waals surface area contributed by atoms with E-state index in [1.54, 1.807) is 0 Å². The molecule has 0 saturated carbocycles. The van der Waals surface area contributed by atoms with Crippen LogP contribution in [-0.2, 0) is 5.41 Å². The maximum Gasteiger partial charge on any atom is 0.0820 e. The molecular formula is C61H40N2S. The van der Waals surface area contributed by atoms with Crippen LogP contribution in [0.1, 0.15) is 21.6 Å². The standard InChI is InChI=1S/C61H40N2S/c1-4-19-43(20-5-1)62(44-21-6-2-7-22-44)48-36-38-53-57(40-48)61(60-59(53)54-27-13-15-30-58(54)64-60)55-29-14-12-26-51(55)52-37-35-47(39-56(52)61)63(45-23-8-3-9-24-45)46-33-31-42(32-34-46)50-28-16-18-41-17-10-11-25-49(41)50/h1-40H. The molecule has 0 aliphatic heterocycles. The molecule has 0 fully saturated rings. The highest BCUT2D eigenvalue weighted by molar-refractivity contribution is 7.20. The van der Waals surface area contributed by atoms with Gasteiger partial charge in [0.15, 0.2) is 0 Å². The van der Waals surface area contributed by atoms with Gasteiger partial charge in [-0.3, -0.25) is 0 Å². The van der Waals surface area contributed by atoms with Crippen LogP contribution in [0.3, 0.4) is 0 Å². The van der Waals surface area contributed by atoms with Crippen molar-refractivity contribution < 1.29 is 0 Å². The van der Waals surface area contributed by atoms with Gasteiger partial charge in [-0.1, -0.05) is 164 Å². The van der Waals surface area contributed by atoms with Crippen molar-refractivity contribution in [3.63, 3.8) is 0 Å². The van der Waals surface area contributed by atoms with E-state index in [1.807, 2.05) is 11.3 Å². The fourth-order valence-corrected chi connectivity index (χ4v) is 12.2. The second kappa shape index (κ2) is 14.6. The second-order valence-electron chi connectivity index (χ2n) is 16.8. The predicted octanol–water partition coefficient (Wildman–Crippen LogP) is 17.0. The highest BCUT2D eigenvalue weighted by Crippen LogP contribution is 2.67. The van der Waals surface area contributed by atoms with E-state index in [0.29, 0.717) is 0 Å². The molecule has 0 amide bonds. The minimum absolute atomic E-state index is 0.550. The Kier molecular flexibility index (Phi) is 8.34. The number of benzene rings is 10. The molecule has 64 heavy (non-hydrogen) atoms. The molecule has 1 atom stereocenters. The second-order valence-corrected chi connectivity index (χ2v) is 17.9. The van der Waals surface area contributed by atoms with E-state index in [2.05, 4.69) is 252 Å². The number of rotatable bonds is 7. The average Bonchev–Trinajstić information content (AvgIpc) is 3.99. The zero-order valence-corrected chi connectivity index (χ0v) is 35.7. The summed E-state index contributed by atoms with van der Waals surface area (Å²) in [5, 5.41) is 3.83. The van der Waals surface area contributed by atoms with E-state index >= 15 is 0 Å². The van der Waals surface area contributed by atoms with Crippen LogP contribution in [0.5, 0.6) is 0 Å². The highest BCUT2D eigenvalue weighted by atomic mass is 32.1. The number of hydrogen-bond acceptors (Lipinski definition) is 3. The number of thiophene rings is 1. The van der Waals surface area contributed by atoms with Crippen molar-refractivity contribution >= 4 is 66.3 Å². The van der Waals surface area contributed by atoms with Crippen molar-refractivity contribution in [1.82, 2.24) is 0 Å². The van der Waals surface area contributed by atoms with Crippen LogP contribution in [0, 0.1) is 0 Å². The monoisotopic (exact) mass is 832 g/mol. The molecule has 0 bridgehead atoms. The molecule has 0 N–H and O–H groups in total. The van der Waals surface area contributed by atoms with Gasteiger partial charge in [0.25, 0.3) is 0 Å². The Labute approximate surface area is 377 Å². The first-order valence-corrected chi connectivity index (χ1v) is 22.8. The van der Waals surface area contributed by atoms with Crippen LogP contribution in [-0.4, -0.2) is 0 Å². The lowest BCUT2D eigenvalue weighted by atomic mass is 9.73. The molecule has 2 aliphatic carbocycles. The number of fused-ring (bicyclic) bond motifs is 13. The minimum atomic E-state index is -0.550. The van der Waals surface area contributed by atoms with Crippen LogP contribution >= 0.6 is 11.3 Å². The summed E-state index contributed by atoms with van der Waals surface area (Å²) in [5.74, 6) is 0. The molecule has 0 saturated heterocycles. The molecule has 1 unspecified atom stereocenters. The third-order valence-corrected chi connectivity index (χ3v) is 14.7. The molecule has 3 heteroatoms. The molecule has 13 rings (SSSR count). The number of nitrogens with zero attached hydrogens (tertiary/aromatic N) is 2. The SMILES string of the molecule is c1ccc(N(c2ccc(-c3cccc4ccccc34)cc2)c2ccc3c(c2)C2(c4ccccc4-3)c3cc(N(c4ccccc4)c4ccccc4)ccc3-c3c2sc2ccccc32)cc1. The smallest absolute Gasteiger partial charge is 0.0820 e. The summed E-state index contributed by atoms with van der Waals surface area (Å²) >= 11 is 1.95. The van der Waals surface area contributed by atoms with Gasteiger partial charge in [0.2, 0.25) is 0 Å². The van der Waals surface area contributed by atoms with Gasteiger partial charge in [0, 0.05) is 54.7 Å². The van der Waals surface area contributed by atoms with Crippen LogP contribution in [0.25, 0.3) is 54.2 Å². The van der Waals surface area contributed by atoms with Crippen LogP contribution in [0.2, 0.25) is 0 Å². The molecule has 2 nitrogen and oxygen atoms in total.